The summed E-state index contributed by atoms with van der Waals surface area (Å²) in [5.74, 6) is 1.87. The molecular weight excluding hydrogens is 266 g/mol. The zero-order valence-electron chi connectivity index (χ0n) is 11.2. The van der Waals surface area contributed by atoms with Crippen LogP contribution in [0.1, 0.15) is 5.56 Å². The van der Waals surface area contributed by atoms with Crippen molar-refractivity contribution < 1.29 is 4.74 Å². The number of rotatable bonds is 4. The van der Waals surface area contributed by atoms with Gasteiger partial charge in [0.15, 0.2) is 0 Å². The molecule has 2 aromatic carbocycles. The normalized spacial score (nSPS) is 10.7. The second-order valence-corrected chi connectivity index (χ2v) is 5.47. The first-order valence-corrected chi connectivity index (χ1v) is 7.44. The average Bonchev–Trinajstić information content (AvgIpc) is 2.53. The molecule has 0 atom stereocenters. The summed E-state index contributed by atoms with van der Waals surface area (Å²) in [7, 11) is 1.71. The Hall–Kier alpha value is -2.00. The largest absolute Gasteiger partial charge is 0.496 e. The van der Waals surface area contributed by atoms with Gasteiger partial charge >= 0.3 is 0 Å². The molecule has 0 radical (unpaired) electrons. The van der Waals surface area contributed by atoms with Crippen LogP contribution in [-0.2, 0) is 5.75 Å². The van der Waals surface area contributed by atoms with E-state index in [1.54, 1.807) is 7.11 Å². The van der Waals surface area contributed by atoms with Crippen LogP contribution in [0.2, 0.25) is 0 Å². The van der Waals surface area contributed by atoms with Crippen molar-refractivity contribution in [3.8, 4) is 5.75 Å². The molecule has 0 N–H and O–H groups in total. The SMILES string of the molecule is COc1ccc(SCc2ccncc2)c2ccccc12. The van der Waals surface area contributed by atoms with Crippen LogP contribution in [0.5, 0.6) is 5.75 Å². The summed E-state index contributed by atoms with van der Waals surface area (Å²) in [4.78, 5) is 5.32. The summed E-state index contributed by atoms with van der Waals surface area (Å²) in [6.45, 7) is 0. The van der Waals surface area contributed by atoms with Gasteiger partial charge in [-0.05, 0) is 35.2 Å². The topological polar surface area (TPSA) is 22.1 Å². The minimum absolute atomic E-state index is 0.925. The molecular formula is C17H15NOS. The monoisotopic (exact) mass is 281 g/mol. The third kappa shape index (κ3) is 2.63. The Balaban J connectivity index is 1.92. The first-order valence-electron chi connectivity index (χ1n) is 6.46. The van der Waals surface area contributed by atoms with E-state index < -0.39 is 0 Å². The summed E-state index contributed by atoms with van der Waals surface area (Å²) < 4.78 is 5.43. The second-order valence-electron chi connectivity index (χ2n) is 4.46. The van der Waals surface area contributed by atoms with Gasteiger partial charge in [-0.1, -0.05) is 24.3 Å². The van der Waals surface area contributed by atoms with Gasteiger partial charge in [0.2, 0.25) is 0 Å². The number of ether oxygens (including phenoxy) is 1. The molecule has 0 fully saturated rings. The van der Waals surface area contributed by atoms with Gasteiger partial charge in [0.05, 0.1) is 7.11 Å². The third-order valence-electron chi connectivity index (χ3n) is 3.21. The Kier molecular flexibility index (Phi) is 3.88. The van der Waals surface area contributed by atoms with Crippen LogP contribution < -0.4 is 4.74 Å². The molecule has 0 amide bonds. The number of hydrogen-bond acceptors (Lipinski definition) is 3. The predicted molar refractivity (Wildman–Crippen MR) is 84.3 cm³/mol. The smallest absolute Gasteiger partial charge is 0.126 e. The summed E-state index contributed by atoms with van der Waals surface area (Å²) in [5, 5.41) is 2.40. The number of aromatic nitrogens is 1. The molecule has 20 heavy (non-hydrogen) atoms. The summed E-state index contributed by atoms with van der Waals surface area (Å²) in [5.41, 5.74) is 1.28. The van der Waals surface area contributed by atoms with Crippen molar-refractivity contribution in [3.05, 3.63) is 66.5 Å². The van der Waals surface area contributed by atoms with Gasteiger partial charge in [0.1, 0.15) is 5.75 Å². The lowest BCUT2D eigenvalue weighted by molar-refractivity contribution is 0.419. The van der Waals surface area contributed by atoms with Crippen molar-refractivity contribution in [2.24, 2.45) is 0 Å². The molecule has 0 aliphatic rings. The lowest BCUT2D eigenvalue weighted by Gasteiger charge is -2.10. The van der Waals surface area contributed by atoms with Crippen molar-refractivity contribution in [3.63, 3.8) is 0 Å². The Labute approximate surface area is 122 Å². The van der Waals surface area contributed by atoms with Crippen LogP contribution in [0.3, 0.4) is 0 Å². The maximum Gasteiger partial charge on any atom is 0.126 e. The first kappa shape index (κ1) is 13.0. The molecule has 0 aliphatic heterocycles. The molecule has 1 heterocycles. The fraction of sp³-hybridized carbons (Fsp3) is 0.118. The van der Waals surface area contributed by atoms with Gasteiger partial charge in [-0.25, -0.2) is 0 Å². The number of pyridine rings is 1. The van der Waals surface area contributed by atoms with Crippen LogP contribution in [0, 0.1) is 0 Å². The number of fused-ring (bicyclic) bond motifs is 1. The van der Waals surface area contributed by atoms with E-state index >= 15 is 0 Å². The van der Waals surface area contributed by atoms with E-state index in [1.165, 1.54) is 15.8 Å². The van der Waals surface area contributed by atoms with Crippen LogP contribution in [0.15, 0.2) is 65.8 Å². The van der Waals surface area contributed by atoms with Crippen LogP contribution in [0.25, 0.3) is 10.8 Å². The van der Waals surface area contributed by atoms with E-state index in [0.717, 1.165) is 16.9 Å². The number of hydrogen-bond donors (Lipinski definition) is 0. The van der Waals surface area contributed by atoms with Crippen molar-refractivity contribution in [2.75, 3.05) is 7.11 Å². The minimum Gasteiger partial charge on any atom is -0.496 e. The van der Waals surface area contributed by atoms with E-state index in [4.69, 9.17) is 4.74 Å². The zero-order chi connectivity index (χ0) is 13.8. The molecule has 2 nitrogen and oxygen atoms in total. The van der Waals surface area contributed by atoms with E-state index in [0.29, 0.717) is 0 Å². The minimum atomic E-state index is 0.925. The number of methoxy groups -OCH3 is 1. The molecule has 0 unspecified atom stereocenters. The molecule has 0 saturated heterocycles. The molecule has 100 valence electrons. The number of benzene rings is 2. The molecule has 3 rings (SSSR count). The van der Waals surface area contributed by atoms with E-state index in [9.17, 15) is 0 Å². The van der Waals surface area contributed by atoms with Crippen molar-refractivity contribution in [1.82, 2.24) is 4.98 Å². The molecule has 3 aromatic rings. The van der Waals surface area contributed by atoms with Crippen molar-refractivity contribution in [2.45, 2.75) is 10.6 Å². The highest BCUT2D eigenvalue weighted by atomic mass is 32.2. The second kappa shape index (κ2) is 5.97. The number of thioether (sulfide) groups is 1. The zero-order valence-corrected chi connectivity index (χ0v) is 12.1. The summed E-state index contributed by atoms with van der Waals surface area (Å²) in [6.07, 6.45) is 3.67. The molecule has 0 bridgehead atoms. The molecule has 1 aromatic heterocycles. The Morgan fingerprint density at radius 2 is 1.70 bits per heavy atom. The Morgan fingerprint density at radius 3 is 2.45 bits per heavy atom. The maximum atomic E-state index is 5.43. The molecule has 0 saturated carbocycles. The van der Waals surface area contributed by atoms with Crippen LogP contribution in [0.4, 0.5) is 0 Å². The van der Waals surface area contributed by atoms with Gasteiger partial charge < -0.3 is 4.74 Å². The third-order valence-corrected chi connectivity index (χ3v) is 4.35. The quantitative estimate of drug-likeness (QED) is 0.656. The predicted octanol–water partition coefficient (Wildman–Crippen LogP) is 4.54. The maximum absolute atomic E-state index is 5.43. The van der Waals surface area contributed by atoms with Gasteiger partial charge in [0.25, 0.3) is 0 Å². The fourth-order valence-electron chi connectivity index (χ4n) is 2.19. The highest BCUT2D eigenvalue weighted by Crippen LogP contribution is 2.35. The lowest BCUT2D eigenvalue weighted by atomic mass is 10.1. The van der Waals surface area contributed by atoms with E-state index in [2.05, 4.69) is 41.4 Å². The van der Waals surface area contributed by atoms with Gasteiger partial charge in [-0.15, -0.1) is 11.8 Å². The highest BCUT2D eigenvalue weighted by Gasteiger charge is 2.06. The summed E-state index contributed by atoms with van der Waals surface area (Å²) in [6, 6.07) is 16.6. The van der Waals surface area contributed by atoms with E-state index in [1.807, 2.05) is 36.3 Å². The molecule has 3 heteroatoms. The lowest BCUT2D eigenvalue weighted by Crippen LogP contribution is -1.87. The van der Waals surface area contributed by atoms with Gasteiger partial charge in [-0.3, -0.25) is 4.98 Å². The summed E-state index contributed by atoms with van der Waals surface area (Å²) >= 11 is 1.84. The average molecular weight is 281 g/mol. The Bertz CT molecular complexity index is 713. The van der Waals surface area contributed by atoms with Gasteiger partial charge in [-0.2, -0.15) is 0 Å². The van der Waals surface area contributed by atoms with Crippen LogP contribution in [-0.4, -0.2) is 12.1 Å². The van der Waals surface area contributed by atoms with Gasteiger partial charge in [0, 0.05) is 28.4 Å². The molecule has 0 spiro atoms. The highest BCUT2D eigenvalue weighted by molar-refractivity contribution is 7.98. The fourth-order valence-corrected chi connectivity index (χ4v) is 3.20. The van der Waals surface area contributed by atoms with Crippen molar-refractivity contribution >= 4 is 22.5 Å². The molecule has 0 aliphatic carbocycles. The Morgan fingerprint density at radius 1 is 0.950 bits per heavy atom. The van der Waals surface area contributed by atoms with Crippen molar-refractivity contribution in [1.29, 1.82) is 0 Å². The number of nitrogens with zero attached hydrogens (tertiary/aromatic N) is 1. The van der Waals surface area contributed by atoms with Crippen LogP contribution >= 0.6 is 11.8 Å². The standard InChI is InChI=1S/C17H15NOS/c1-19-16-6-7-17(15-5-3-2-4-14(15)16)20-12-13-8-10-18-11-9-13/h2-11H,12H2,1H3. The van der Waals surface area contributed by atoms with E-state index in [-0.39, 0.29) is 0 Å². The first-order chi connectivity index (χ1) is 9.88.